The monoisotopic (exact) mass is 385 g/mol. The van der Waals surface area contributed by atoms with Gasteiger partial charge in [0.25, 0.3) is 0 Å². The van der Waals surface area contributed by atoms with Crippen molar-refractivity contribution in [3.05, 3.63) is 66.3 Å². The summed E-state index contributed by atoms with van der Waals surface area (Å²) in [5.41, 5.74) is 4.96. The number of fused-ring (bicyclic) bond motifs is 1. The second kappa shape index (κ2) is 7.36. The highest BCUT2D eigenvalue weighted by atomic mass is 32.1. The van der Waals surface area contributed by atoms with Gasteiger partial charge in [0.15, 0.2) is 0 Å². The van der Waals surface area contributed by atoms with Crippen LogP contribution in [0.2, 0.25) is 0 Å². The molecule has 0 saturated carbocycles. The van der Waals surface area contributed by atoms with Crippen molar-refractivity contribution in [1.29, 1.82) is 0 Å². The SMILES string of the molecule is CC1CCCCN1c1ncnc2scc(-c3ccc(-c4ccccc4)cc3)c12. The van der Waals surface area contributed by atoms with Crippen LogP contribution in [0.25, 0.3) is 32.5 Å². The topological polar surface area (TPSA) is 29.0 Å². The van der Waals surface area contributed by atoms with E-state index in [0.29, 0.717) is 6.04 Å². The van der Waals surface area contributed by atoms with Gasteiger partial charge in [-0.15, -0.1) is 11.3 Å². The fourth-order valence-corrected chi connectivity index (χ4v) is 5.09. The molecule has 0 N–H and O–H groups in total. The normalized spacial score (nSPS) is 17.2. The average molecular weight is 386 g/mol. The van der Waals surface area contributed by atoms with Crippen molar-refractivity contribution < 1.29 is 0 Å². The zero-order chi connectivity index (χ0) is 18.9. The summed E-state index contributed by atoms with van der Waals surface area (Å²) in [5, 5.41) is 3.43. The molecule has 3 heterocycles. The molecule has 1 saturated heterocycles. The molecule has 1 atom stereocenters. The van der Waals surface area contributed by atoms with E-state index in [2.05, 4.69) is 76.8 Å². The lowest BCUT2D eigenvalue weighted by Gasteiger charge is -2.34. The molecular formula is C24H23N3S. The van der Waals surface area contributed by atoms with Gasteiger partial charge in [-0.05, 0) is 42.9 Å². The molecule has 2 aromatic carbocycles. The third-order valence-corrected chi connectivity index (χ3v) is 6.61. The molecule has 0 bridgehead atoms. The van der Waals surface area contributed by atoms with Crippen LogP contribution in [0.15, 0.2) is 66.3 Å². The van der Waals surface area contributed by atoms with Crippen LogP contribution in [-0.4, -0.2) is 22.6 Å². The number of rotatable bonds is 3. The summed E-state index contributed by atoms with van der Waals surface area (Å²) in [4.78, 5) is 12.8. The predicted molar refractivity (Wildman–Crippen MR) is 119 cm³/mol. The van der Waals surface area contributed by atoms with Crippen LogP contribution < -0.4 is 4.90 Å². The van der Waals surface area contributed by atoms with E-state index in [4.69, 9.17) is 4.98 Å². The summed E-state index contributed by atoms with van der Waals surface area (Å²) in [6.45, 7) is 3.39. The molecule has 4 aromatic rings. The highest BCUT2D eigenvalue weighted by molar-refractivity contribution is 7.17. The van der Waals surface area contributed by atoms with E-state index in [9.17, 15) is 0 Å². The Kier molecular flexibility index (Phi) is 4.57. The highest BCUT2D eigenvalue weighted by Crippen LogP contribution is 2.39. The molecule has 1 aliphatic rings. The Morgan fingerprint density at radius 2 is 1.64 bits per heavy atom. The minimum absolute atomic E-state index is 0.528. The Morgan fingerprint density at radius 1 is 0.893 bits per heavy atom. The minimum Gasteiger partial charge on any atom is -0.353 e. The smallest absolute Gasteiger partial charge is 0.141 e. The lowest BCUT2D eigenvalue weighted by molar-refractivity contribution is 0.482. The van der Waals surface area contributed by atoms with Crippen molar-refractivity contribution in [3.8, 4) is 22.3 Å². The fraction of sp³-hybridized carbons (Fsp3) is 0.250. The number of hydrogen-bond acceptors (Lipinski definition) is 4. The van der Waals surface area contributed by atoms with Crippen LogP contribution in [0.3, 0.4) is 0 Å². The summed E-state index contributed by atoms with van der Waals surface area (Å²) in [5.74, 6) is 1.10. The van der Waals surface area contributed by atoms with Gasteiger partial charge >= 0.3 is 0 Å². The fourth-order valence-electron chi connectivity index (χ4n) is 4.18. The van der Waals surface area contributed by atoms with E-state index >= 15 is 0 Å². The molecule has 1 fully saturated rings. The predicted octanol–water partition coefficient (Wildman–Crippen LogP) is 6.40. The Hall–Kier alpha value is -2.72. The third kappa shape index (κ3) is 3.08. The first-order valence-electron chi connectivity index (χ1n) is 9.96. The van der Waals surface area contributed by atoms with Crippen molar-refractivity contribution in [1.82, 2.24) is 9.97 Å². The van der Waals surface area contributed by atoms with Crippen molar-refractivity contribution in [2.75, 3.05) is 11.4 Å². The van der Waals surface area contributed by atoms with Gasteiger partial charge in [-0.25, -0.2) is 9.97 Å². The minimum atomic E-state index is 0.528. The molecule has 0 aliphatic carbocycles. The molecule has 1 unspecified atom stereocenters. The number of hydrogen-bond donors (Lipinski definition) is 0. The van der Waals surface area contributed by atoms with Gasteiger partial charge in [0.1, 0.15) is 17.0 Å². The first kappa shape index (κ1) is 17.4. The molecule has 5 rings (SSSR count). The molecule has 4 heteroatoms. The van der Waals surface area contributed by atoms with Crippen molar-refractivity contribution in [2.24, 2.45) is 0 Å². The number of anilines is 1. The molecule has 28 heavy (non-hydrogen) atoms. The zero-order valence-corrected chi connectivity index (χ0v) is 16.8. The lowest BCUT2D eigenvalue weighted by Crippen LogP contribution is -2.38. The van der Waals surface area contributed by atoms with E-state index in [-0.39, 0.29) is 0 Å². The van der Waals surface area contributed by atoms with Gasteiger partial charge in [-0.2, -0.15) is 0 Å². The first-order valence-corrected chi connectivity index (χ1v) is 10.8. The number of aromatic nitrogens is 2. The number of thiophene rings is 1. The van der Waals surface area contributed by atoms with Gasteiger partial charge in [0, 0.05) is 23.5 Å². The number of piperidine rings is 1. The molecule has 0 amide bonds. The summed E-state index contributed by atoms with van der Waals surface area (Å²) in [7, 11) is 0. The molecule has 3 nitrogen and oxygen atoms in total. The van der Waals surface area contributed by atoms with Crippen LogP contribution in [0.5, 0.6) is 0 Å². The van der Waals surface area contributed by atoms with Crippen LogP contribution in [0.1, 0.15) is 26.2 Å². The van der Waals surface area contributed by atoms with Gasteiger partial charge in [0.05, 0.1) is 5.39 Å². The molecular weight excluding hydrogens is 362 g/mol. The van der Waals surface area contributed by atoms with Crippen molar-refractivity contribution >= 4 is 27.4 Å². The second-order valence-corrected chi connectivity index (χ2v) is 8.37. The summed E-state index contributed by atoms with van der Waals surface area (Å²) >= 11 is 1.71. The molecule has 1 aliphatic heterocycles. The molecule has 2 aromatic heterocycles. The maximum Gasteiger partial charge on any atom is 0.141 e. The second-order valence-electron chi connectivity index (χ2n) is 7.51. The molecule has 140 valence electrons. The van der Waals surface area contributed by atoms with Crippen LogP contribution in [0.4, 0.5) is 5.82 Å². The lowest BCUT2D eigenvalue weighted by atomic mass is 9.99. The maximum atomic E-state index is 4.73. The first-order chi connectivity index (χ1) is 13.8. The Bertz CT molecular complexity index is 1090. The van der Waals surface area contributed by atoms with Gasteiger partial charge in [-0.3, -0.25) is 0 Å². The van der Waals surface area contributed by atoms with E-state index in [1.807, 2.05) is 0 Å². The van der Waals surface area contributed by atoms with Crippen molar-refractivity contribution in [3.63, 3.8) is 0 Å². The largest absolute Gasteiger partial charge is 0.353 e. The summed E-state index contributed by atoms with van der Waals surface area (Å²) in [6.07, 6.45) is 5.50. The van der Waals surface area contributed by atoms with E-state index in [1.165, 1.54) is 46.9 Å². The highest BCUT2D eigenvalue weighted by Gasteiger charge is 2.24. The number of nitrogens with zero attached hydrogens (tertiary/aromatic N) is 3. The average Bonchev–Trinajstić information content (AvgIpc) is 3.19. The molecule has 0 radical (unpaired) electrons. The van der Waals surface area contributed by atoms with Crippen molar-refractivity contribution in [2.45, 2.75) is 32.2 Å². The standard InChI is InChI=1S/C24H23N3S/c1-17-7-5-6-14-27(17)23-22-21(15-28-24(22)26-16-25-23)20-12-10-19(11-13-20)18-8-3-2-4-9-18/h2-4,8-13,15-17H,5-7,14H2,1H3. The van der Waals surface area contributed by atoms with Gasteiger partial charge < -0.3 is 4.90 Å². The summed E-state index contributed by atoms with van der Waals surface area (Å²) < 4.78 is 0. The van der Waals surface area contributed by atoms with E-state index in [1.54, 1.807) is 17.7 Å². The van der Waals surface area contributed by atoms with Crippen LogP contribution in [0, 0.1) is 0 Å². The quantitative estimate of drug-likeness (QED) is 0.408. The van der Waals surface area contributed by atoms with Crippen LogP contribution >= 0.6 is 11.3 Å². The van der Waals surface area contributed by atoms with Gasteiger partial charge in [-0.1, -0.05) is 54.6 Å². The third-order valence-electron chi connectivity index (χ3n) is 5.73. The molecule has 0 spiro atoms. The number of benzene rings is 2. The maximum absolute atomic E-state index is 4.73. The Balaban J connectivity index is 1.58. The Morgan fingerprint density at radius 3 is 2.43 bits per heavy atom. The van der Waals surface area contributed by atoms with E-state index < -0.39 is 0 Å². The van der Waals surface area contributed by atoms with Gasteiger partial charge in [0.2, 0.25) is 0 Å². The Labute approximate surface area is 169 Å². The summed E-state index contributed by atoms with van der Waals surface area (Å²) in [6, 6.07) is 19.9. The van der Waals surface area contributed by atoms with Crippen LogP contribution in [-0.2, 0) is 0 Å². The van der Waals surface area contributed by atoms with E-state index in [0.717, 1.165) is 17.2 Å². The zero-order valence-electron chi connectivity index (χ0n) is 16.0.